The molecular weight excluding hydrogens is 322 g/mol. The van der Waals surface area contributed by atoms with Gasteiger partial charge < -0.3 is 4.74 Å². The number of rotatable bonds is 1. The molecule has 4 heteroatoms. The minimum Gasteiger partial charge on any atom is -0.444 e. The van der Waals surface area contributed by atoms with Crippen LogP contribution < -0.4 is 0 Å². The fourth-order valence-corrected chi connectivity index (χ4v) is 3.39. The van der Waals surface area contributed by atoms with Crippen molar-refractivity contribution in [1.29, 1.82) is 0 Å². The van der Waals surface area contributed by atoms with Crippen molar-refractivity contribution < 1.29 is 9.53 Å². The van der Waals surface area contributed by atoms with Crippen LogP contribution in [-0.2, 0) is 11.3 Å². The highest BCUT2D eigenvalue weighted by molar-refractivity contribution is 6.30. The number of carbonyl (C=O) groups is 1. The minimum atomic E-state index is -0.522. The van der Waals surface area contributed by atoms with Crippen molar-refractivity contribution in [2.24, 2.45) is 0 Å². The van der Waals surface area contributed by atoms with Gasteiger partial charge in [0.1, 0.15) is 5.60 Å². The number of benzene rings is 2. The van der Waals surface area contributed by atoms with E-state index in [4.69, 9.17) is 16.3 Å². The Hall–Kier alpha value is -2.00. The smallest absolute Gasteiger partial charge is 0.411 e. The molecule has 0 saturated carbocycles. The number of halogens is 1. The van der Waals surface area contributed by atoms with Crippen LogP contribution in [0.15, 0.2) is 42.5 Å². The molecule has 0 saturated heterocycles. The summed E-state index contributed by atoms with van der Waals surface area (Å²) in [4.78, 5) is 14.6. The molecule has 24 heavy (non-hydrogen) atoms. The van der Waals surface area contributed by atoms with Crippen molar-refractivity contribution in [2.45, 2.75) is 45.9 Å². The molecule has 0 aliphatic carbocycles. The Bertz CT molecular complexity index is 779. The van der Waals surface area contributed by atoms with E-state index < -0.39 is 5.60 Å². The van der Waals surface area contributed by atoms with Gasteiger partial charge in [0.2, 0.25) is 0 Å². The van der Waals surface area contributed by atoms with Crippen molar-refractivity contribution >= 4 is 17.7 Å². The second-order valence-corrected chi connectivity index (χ2v) is 7.65. The number of carbonyl (C=O) groups excluding carboxylic acids is 1. The van der Waals surface area contributed by atoms with Crippen LogP contribution in [0.25, 0.3) is 0 Å². The van der Waals surface area contributed by atoms with Gasteiger partial charge in [-0.3, -0.25) is 4.90 Å². The molecule has 1 aliphatic heterocycles. The lowest BCUT2D eigenvalue weighted by atomic mass is 9.95. The van der Waals surface area contributed by atoms with Crippen LogP contribution >= 0.6 is 11.6 Å². The first-order valence-electron chi connectivity index (χ1n) is 8.10. The monoisotopic (exact) mass is 343 g/mol. The predicted molar refractivity (Wildman–Crippen MR) is 96.3 cm³/mol. The molecule has 2 aromatic carbocycles. The molecule has 0 radical (unpaired) electrons. The number of fused-ring (bicyclic) bond motifs is 1. The number of ether oxygens (including phenoxy) is 1. The maximum atomic E-state index is 12.8. The molecule has 0 N–H and O–H groups in total. The summed E-state index contributed by atoms with van der Waals surface area (Å²) in [6.07, 6.45) is -0.293. The van der Waals surface area contributed by atoms with Gasteiger partial charge in [-0.25, -0.2) is 4.79 Å². The molecule has 3 rings (SSSR count). The molecule has 0 aromatic heterocycles. The van der Waals surface area contributed by atoms with Crippen molar-refractivity contribution in [3.05, 3.63) is 69.7 Å². The highest BCUT2D eigenvalue weighted by Gasteiger charge is 2.37. The van der Waals surface area contributed by atoms with Crippen molar-refractivity contribution in [3.63, 3.8) is 0 Å². The minimum absolute atomic E-state index is 0.145. The summed E-state index contributed by atoms with van der Waals surface area (Å²) in [6, 6.07) is 13.8. The summed E-state index contributed by atoms with van der Waals surface area (Å²) in [5.41, 5.74) is 3.93. The van der Waals surface area contributed by atoms with Gasteiger partial charge in [-0.2, -0.15) is 0 Å². The van der Waals surface area contributed by atoms with Crippen LogP contribution in [0.1, 0.15) is 49.1 Å². The topological polar surface area (TPSA) is 29.5 Å². The van der Waals surface area contributed by atoms with Gasteiger partial charge in [-0.05, 0) is 62.1 Å². The van der Waals surface area contributed by atoms with Gasteiger partial charge in [0.15, 0.2) is 0 Å². The first-order chi connectivity index (χ1) is 11.3. The summed E-state index contributed by atoms with van der Waals surface area (Å²) in [7, 11) is 0. The Morgan fingerprint density at radius 2 is 1.88 bits per heavy atom. The molecule has 0 bridgehead atoms. The van der Waals surface area contributed by atoms with E-state index in [9.17, 15) is 4.79 Å². The lowest BCUT2D eigenvalue weighted by molar-refractivity contribution is 0.0202. The number of amides is 1. The van der Waals surface area contributed by atoms with E-state index in [-0.39, 0.29) is 12.1 Å². The third-order valence-corrected chi connectivity index (χ3v) is 4.39. The zero-order valence-corrected chi connectivity index (χ0v) is 15.2. The largest absolute Gasteiger partial charge is 0.444 e. The fourth-order valence-electron chi connectivity index (χ4n) is 3.16. The Morgan fingerprint density at radius 1 is 1.17 bits per heavy atom. The van der Waals surface area contributed by atoms with Gasteiger partial charge >= 0.3 is 6.09 Å². The lowest BCUT2D eigenvalue weighted by Crippen LogP contribution is -2.36. The van der Waals surface area contributed by atoms with Gasteiger partial charge in [-0.1, -0.05) is 41.9 Å². The lowest BCUT2D eigenvalue weighted by Gasteiger charge is -2.30. The standard InChI is InChI=1S/C20H22ClNO2/c1-13-11-15(21)9-10-16(13)18-17-8-6-5-7-14(17)12-22(18)19(23)24-20(2,3)4/h5-11,18H,12H2,1-4H3. The van der Waals surface area contributed by atoms with Crippen molar-refractivity contribution in [3.8, 4) is 0 Å². The molecule has 1 unspecified atom stereocenters. The third-order valence-electron chi connectivity index (χ3n) is 4.16. The first kappa shape index (κ1) is 16.8. The predicted octanol–water partition coefficient (Wildman–Crippen LogP) is 5.49. The van der Waals surface area contributed by atoms with Crippen LogP contribution in [0.2, 0.25) is 5.02 Å². The Morgan fingerprint density at radius 3 is 2.54 bits per heavy atom. The maximum absolute atomic E-state index is 12.8. The van der Waals surface area contributed by atoms with E-state index >= 15 is 0 Å². The molecule has 2 aromatic rings. The van der Waals surface area contributed by atoms with Crippen LogP contribution in [0, 0.1) is 6.92 Å². The zero-order chi connectivity index (χ0) is 17.5. The van der Waals surface area contributed by atoms with Crippen LogP contribution in [0.4, 0.5) is 4.79 Å². The van der Waals surface area contributed by atoms with Gasteiger partial charge in [0.25, 0.3) is 0 Å². The number of hydrogen-bond acceptors (Lipinski definition) is 2. The second-order valence-electron chi connectivity index (χ2n) is 7.21. The average molecular weight is 344 g/mol. The molecule has 3 nitrogen and oxygen atoms in total. The molecule has 1 heterocycles. The van der Waals surface area contributed by atoms with Crippen LogP contribution in [0.5, 0.6) is 0 Å². The maximum Gasteiger partial charge on any atom is 0.411 e. The highest BCUT2D eigenvalue weighted by atomic mass is 35.5. The third kappa shape index (κ3) is 3.27. The molecule has 1 atom stereocenters. The van der Waals surface area contributed by atoms with Crippen molar-refractivity contribution in [1.82, 2.24) is 4.90 Å². The highest BCUT2D eigenvalue weighted by Crippen LogP contribution is 2.40. The van der Waals surface area contributed by atoms with E-state index in [0.717, 1.165) is 22.3 Å². The van der Waals surface area contributed by atoms with E-state index in [0.29, 0.717) is 11.6 Å². The van der Waals surface area contributed by atoms with Crippen LogP contribution in [-0.4, -0.2) is 16.6 Å². The summed E-state index contributed by atoms with van der Waals surface area (Å²) in [5.74, 6) is 0. The van der Waals surface area contributed by atoms with E-state index in [1.165, 1.54) is 0 Å². The van der Waals surface area contributed by atoms with E-state index in [1.807, 2.05) is 58.0 Å². The quantitative estimate of drug-likeness (QED) is 0.685. The SMILES string of the molecule is Cc1cc(Cl)ccc1C1c2ccccc2CN1C(=O)OC(C)(C)C. The fraction of sp³-hybridized carbons (Fsp3) is 0.350. The number of aryl methyl sites for hydroxylation is 1. The Labute approximate surface area is 148 Å². The first-order valence-corrected chi connectivity index (χ1v) is 8.47. The van der Waals surface area contributed by atoms with Gasteiger partial charge in [-0.15, -0.1) is 0 Å². The number of hydrogen-bond donors (Lipinski definition) is 0. The van der Waals surface area contributed by atoms with E-state index in [1.54, 1.807) is 4.90 Å². The Kier molecular flexibility index (Phi) is 4.31. The summed E-state index contributed by atoms with van der Waals surface area (Å²) < 4.78 is 5.63. The van der Waals surface area contributed by atoms with E-state index in [2.05, 4.69) is 12.1 Å². The molecule has 1 aliphatic rings. The van der Waals surface area contributed by atoms with Crippen LogP contribution in [0.3, 0.4) is 0 Å². The molecule has 126 valence electrons. The Balaban J connectivity index is 2.05. The van der Waals surface area contributed by atoms with Gasteiger partial charge in [0.05, 0.1) is 12.6 Å². The summed E-state index contributed by atoms with van der Waals surface area (Å²) >= 11 is 6.10. The normalized spacial score (nSPS) is 16.9. The average Bonchev–Trinajstić information content (AvgIpc) is 2.85. The second kappa shape index (κ2) is 6.14. The summed E-state index contributed by atoms with van der Waals surface area (Å²) in [6.45, 7) is 8.23. The van der Waals surface area contributed by atoms with Crippen molar-refractivity contribution in [2.75, 3.05) is 0 Å². The summed E-state index contributed by atoms with van der Waals surface area (Å²) in [5, 5.41) is 0.700. The molecule has 1 amide bonds. The van der Waals surface area contributed by atoms with Gasteiger partial charge in [0, 0.05) is 5.02 Å². The number of nitrogens with zero attached hydrogens (tertiary/aromatic N) is 1. The molecule has 0 fully saturated rings. The molecule has 0 spiro atoms. The molecular formula is C20H22ClNO2. The zero-order valence-electron chi connectivity index (χ0n) is 14.5.